The van der Waals surface area contributed by atoms with Gasteiger partial charge < -0.3 is 15.5 Å². The van der Waals surface area contributed by atoms with Crippen molar-refractivity contribution in [1.82, 2.24) is 4.98 Å². The molecule has 2 atom stereocenters. The van der Waals surface area contributed by atoms with Crippen LogP contribution in [-0.4, -0.2) is 27.2 Å². The Hall–Kier alpha value is -1.56. The molecule has 2 rings (SSSR count). The third-order valence-corrected chi connectivity index (χ3v) is 4.21. The minimum atomic E-state index is -0.798. The van der Waals surface area contributed by atoms with Crippen LogP contribution in [0, 0.1) is 0 Å². The molecule has 0 aliphatic heterocycles. The number of hydrogen-bond donors (Lipinski definition) is 2. The largest absolute Gasteiger partial charge is 0.423 e. The molecular weight excluding hydrogens is 250 g/mol. The molecule has 1 aromatic heterocycles. The van der Waals surface area contributed by atoms with Crippen molar-refractivity contribution < 1.29 is 8.63 Å². The van der Waals surface area contributed by atoms with Crippen molar-refractivity contribution in [3.05, 3.63) is 18.2 Å². The number of benzene rings is 1. The molecule has 0 aliphatic rings. The highest BCUT2D eigenvalue weighted by atomic mass is 32.2. The van der Waals surface area contributed by atoms with Crippen molar-refractivity contribution in [1.29, 1.82) is 0 Å². The van der Waals surface area contributed by atoms with Crippen molar-refractivity contribution in [2.24, 2.45) is 0 Å². The molecule has 98 valence electrons. The summed E-state index contributed by atoms with van der Waals surface area (Å²) in [5, 5.41) is 3.24. The van der Waals surface area contributed by atoms with E-state index in [9.17, 15) is 4.21 Å². The number of aromatic nitrogens is 1. The van der Waals surface area contributed by atoms with E-state index >= 15 is 0 Å². The number of hydrogen-bond acceptors (Lipinski definition) is 5. The number of rotatable bonds is 5. The van der Waals surface area contributed by atoms with Crippen LogP contribution in [0.25, 0.3) is 11.1 Å². The van der Waals surface area contributed by atoms with Gasteiger partial charge in [-0.1, -0.05) is 13.0 Å². The fourth-order valence-electron chi connectivity index (χ4n) is 1.59. The van der Waals surface area contributed by atoms with Crippen LogP contribution in [-0.2, 0) is 10.8 Å². The summed E-state index contributed by atoms with van der Waals surface area (Å²) in [5.74, 6) is 0. The standard InChI is InChI=1S/C12H17N3O2S/c1-8(18(2)16)6-7-14-12-15-11-9(13)4-3-5-10(11)17-12/h3-5,8H,6-7,13H2,1-2H3,(H,14,15). The van der Waals surface area contributed by atoms with E-state index in [0.717, 1.165) is 6.42 Å². The zero-order valence-electron chi connectivity index (χ0n) is 10.5. The van der Waals surface area contributed by atoms with Crippen molar-refractivity contribution in [2.75, 3.05) is 23.9 Å². The lowest BCUT2D eigenvalue weighted by Crippen LogP contribution is -2.14. The first-order valence-electron chi connectivity index (χ1n) is 5.79. The van der Waals surface area contributed by atoms with Crippen molar-refractivity contribution in [2.45, 2.75) is 18.6 Å². The summed E-state index contributed by atoms with van der Waals surface area (Å²) in [7, 11) is -0.798. The minimum absolute atomic E-state index is 0.159. The van der Waals surface area contributed by atoms with E-state index in [1.807, 2.05) is 19.1 Å². The number of para-hydroxylation sites is 1. The average molecular weight is 267 g/mol. The molecule has 1 heterocycles. The summed E-state index contributed by atoms with van der Waals surface area (Å²) >= 11 is 0. The van der Waals surface area contributed by atoms with Gasteiger partial charge in [0.05, 0.1) is 5.69 Å². The van der Waals surface area contributed by atoms with E-state index in [1.54, 1.807) is 12.3 Å². The summed E-state index contributed by atoms with van der Waals surface area (Å²) in [5.41, 5.74) is 7.74. The fraction of sp³-hybridized carbons (Fsp3) is 0.417. The summed E-state index contributed by atoms with van der Waals surface area (Å²) in [4.78, 5) is 4.28. The van der Waals surface area contributed by atoms with Gasteiger partial charge in [-0.2, -0.15) is 4.98 Å². The quantitative estimate of drug-likeness (QED) is 0.810. The number of nitrogens with two attached hydrogens (primary N) is 1. The molecule has 0 saturated carbocycles. The topological polar surface area (TPSA) is 81.2 Å². The van der Waals surface area contributed by atoms with Crippen LogP contribution in [0.3, 0.4) is 0 Å². The lowest BCUT2D eigenvalue weighted by atomic mass is 10.3. The highest BCUT2D eigenvalue weighted by Crippen LogP contribution is 2.23. The highest BCUT2D eigenvalue weighted by Gasteiger charge is 2.09. The van der Waals surface area contributed by atoms with Gasteiger partial charge in [0, 0.05) is 28.9 Å². The number of nitrogen functional groups attached to an aromatic ring is 1. The predicted octanol–water partition coefficient (Wildman–Crippen LogP) is 1.98. The van der Waals surface area contributed by atoms with E-state index in [4.69, 9.17) is 10.2 Å². The first-order valence-corrected chi connectivity index (χ1v) is 7.41. The number of nitrogens with zero attached hydrogens (tertiary/aromatic N) is 1. The van der Waals surface area contributed by atoms with Gasteiger partial charge in [0.2, 0.25) is 0 Å². The Morgan fingerprint density at radius 1 is 1.56 bits per heavy atom. The van der Waals surface area contributed by atoms with Crippen LogP contribution in [0.4, 0.5) is 11.7 Å². The maximum absolute atomic E-state index is 11.2. The zero-order valence-corrected chi connectivity index (χ0v) is 11.3. The number of fused-ring (bicyclic) bond motifs is 1. The van der Waals surface area contributed by atoms with Gasteiger partial charge in [-0.3, -0.25) is 4.21 Å². The van der Waals surface area contributed by atoms with Gasteiger partial charge in [-0.05, 0) is 18.6 Å². The van der Waals surface area contributed by atoms with E-state index in [-0.39, 0.29) is 5.25 Å². The van der Waals surface area contributed by atoms with Crippen molar-refractivity contribution >= 4 is 33.6 Å². The van der Waals surface area contributed by atoms with Gasteiger partial charge in [0.1, 0.15) is 5.52 Å². The number of nitrogens with one attached hydrogen (secondary N) is 1. The Bertz CT molecular complexity index is 567. The molecule has 0 saturated heterocycles. The lowest BCUT2D eigenvalue weighted by Gasteiger charge is -2.07. The average Bonchev–Trinajstić information content (AvgIpc) is 2.73. The Labute approximate surface area is 108 Å². The van der Waals surface area contributed by atoms with E-state index < -0.39 is 10.8 Å². The summed E-state index contributed by atoms with van der Waals surface area (Å²) in [6, 6.07) is 5.90. The van der Waals surface area contributed by atoms with Crippen LogP contribution in [0.15, 0.2) is 22.6 Å². The monoisotopic (exact) mass is 267 g/mol. The molecule has 3 N–H and O–H groups in total. The third kappa shape index (κ3) is 2.81. The number of anilines is 2. The van der Waals surface area contributed by atoms with E-state index in [0.29, 0.717) is 29.3 Å². The molecule has 2 aromatic rings. The fourth-order valence-corrected chi connectivity index (χ4v) is 2.04. The third-order valence-electron chi connectivity index (χ3n) is 2.84. The lowest BCUT2D eigenvalue weighted by molar-refractivity contribution is 0.611. The van der Waals surface area contributed by atoms with Crippen molar-refractivity contribution in [3.63, 3.8) is 0 Å². The molecule has 0 bridgehead atoms. The first kappa shape index (κ1) is 12.9. The Kier molecular flexibility index (Phi) is 3.86. The SMILES string of the molecule is CC(CCNc1nc2c(N)cccc2o1)S(C)=O. The highest BCUT2D eigenvalue weighted by molar-refractivity contribution is 7.84. The molecule has 5 nitrogen and oxygen atoms in total. The summed E-state index contributed by atoms with van der Waals surface area (Å²) in [6.45, 7) is 2.63. The van der Waals surface area contributed by atoms with Crippen molar-refractivity contribution in [3.8, 4) is 0 Å². The number of oxazole rings is 1. The van der Waals surface area contributed by atoms with Gasteiger partial charge >= 0.3 is 0 Å². The maximum atomic E-state index is 11.2. The Morgan fingerprint density at radius 3 is 3.00 bits per heavy atom. The smallest absolute Gasteiger partial charge is 0.295 e. The molecular formula is C12H17N3O2S. The molecule has 0 aliphatic carbocycles. The maximum Gasteiger partial charge on any atom is 0.295 e. The molecule has 0 spiro atoms. The molecule has 0 fully saturated rings. The molecule has 2 unspecified atom stereocenters. The van der Waals surface area contributed by atoms with Gasteiger partial charge in [0.25, 0.3) is 6.01 Å². The Morgan fingerprint density at radius 2 is 2.33 bits per heavy atom. The second-order valence-electron chi connectivity index (χ2n) is 4.24. The minimum Gasteiger partial charge on any atom is -0.423 e. The van der Waals surface area contributed by atoms with Crippen LogP contribution >= 0.6 is 0 Å². The Balaban J connectivity index is 2.00. The molecule has 6 heteroatoms. The van der Waals surface area contributed by atoms with Crippen LogP contribution < -0.4 is 11.1 Å². The normalized spacial score (nSPS) is 14.6. The van der Waals surface area contributed by atoms with E-state index in [1.165, 1.54) is 0 Å². The molecule has 1 aromatic carbocycles. The summed E-state index contributed by atoms with van der Waals surface area (Å²) < 4.78 is 16.7. The summed E-state index contributed by atoms with van der Waals surface area (Å²) in [6.07, 6.45) is 2.52. The molecule has 0 radical (unpaired) electrons. The molecule has 18 heavy (non-hydrogen) atoms. The van der Waals surface area contributed by atoms with E-state index in [2.05, 4.69) is 10.3 Å². The molecule has 0 amide bonds. The second-order valence-corrected chi connectivity index (χ2v) is 6.04. The van der Waals surface area contributed by atoms with Crippen LogP contribution in [0.2, 0.25) is 0 Å². The zero-order chi connectivity index (χ0) is 13.1. The van der Waals surface area contributed by atoms with Gasteiger partial charge in [-0.25, -0.2) is 0 Å². The first-order chi connectivity index (χ1) is 8.58. The van der Waals surface area contributed by atoms with Gasteiger partial charge in [0.15, 0.2) is 5.58 Å². The predicted molar refractivity (Wildman–Crippen MR) is 75.1 cm³/mol. The van der Waals surface area contributed by atoms with Gasteiger partial charge in [-0.15, -0.1) is 0 Å². The van der Waals surface area contributed by atoms with Crippen LogP contribution in [0.5, 0.6) is 0 Å². The second kappa shape index (κ2) is 5.39. The van der Waals surface area contributed by atoms with Crippen LogP contribution in [0.1, 0.15) is 13.3 Å².